The quantitative estimate of drug-likeness (QED) is 0.682. The number of aliphatic hydroxyl groups is 1. The van der Waals surface area contributed by atoms with Gasteiger partial charge in [0.25, 0.3) is 0 Å². The molecule has 4 N–H and O–H groups in total. The number of aryl methyl sites for hydroxylation is 1. The SMILES string of the molecule is C[C@]12C[C@H](Oc3ccc(N)cc3)[C@@H]3c4ccc(O)cc4CC[C@H]3[C@@H]1CC[C@@H]2O. The molecule has 2 aromatic rings. The first-order chi connectivity index (χ1) is 13.5. The second-order valence-corrected chi connectivity index (χ2v) is 9.25. The van der Waals surface area contributed by atoms with Crippen LogP contribution in [0, 0.1) is 17.3 Å². The smallest absolute Gasteiger partial charge is 0.119 e. The standard InChI is InChI=1S/C24H29NO3/c1-24-13-21(28-17-6-3-15(25)4-7-17)23-18-9-5-16(26)12-14(18)2-8-19(23)20(24)10-11-22(24)27/h3-7,9,12,19-23,26-27H,2,8,10-11,13,25H2,1H3/t19-,20-,21-,22-,23+,24-/m0/s1. The summed E-state index contributed by atoms with van der Waals surface area (Å²) in [6.45, 7) is 2.26. The molecule has 28 heavy (non-hydrogen) atoms. The van der Waals surface area contributed by atoms with E-state index in [1.165, 1.54) is 11.1 Å². The highest BCUT2D eigenvalue weighted by Crippen LogP contribution is 2.61. The number of benzene rings is 2. The number of phenols is 1. The van der Waals surface area contributed by atoms with E-state index in [1.54, 1.807) is 6.07 Å². The third-order valence-electron chi connectivity index (χ3n) is 7.78. The minimum absolute atomic E-state index is 0.00576. The Morgan fingerprint density at radius 3 is 2.64 bits per heavy atom. The van der Waals surface area contributed by atoms with Gasteiger partial charge in [-0.1, -0.05) is 13.0 Å². The second-order valence-electron chi connectivity index (χ2n) is 9.25. The van der Waals surface area contributed by atoms with E-state index in [0.717, 1.165) is 43.5 Å². The topological polar surface area (TPSA) is 75.7 Å². The number of rotatable bonds is 2. The average molecular weight is 380 g/mol. The Kier molecular flexibility index (Phi) is 4.09. The van der Waals surface area contributed by atoms with Gasteiger partial charge in [-0.15, -0.1) is 0 Å². The van der Waals surface area contributed by atoms with E-state index >= 15 is 0 Å². The van der Waals surface area contributed by atoms with E-state index in [9.17, 15) is 10.2 Å². The van der Waals surface area contributed by atoms with E-state index in [4.69, 9.17) is 10.5 Å². The largest absolute Gasteiger partial charge is 0.508 e. The molecular formula is C24H29NO3. The Hall–Kier alpha value is -2.20. The summed E-state index contributed by atoms with van der Waals surface area (Å²) >= 11 is 0. The minimum atomic E-state index is -0.253. The van der Waals surface area contributed by atoms with Gasteiger partial charge in [-0.2, -0.15) is 0 Å². The van der Waals surface area contributed by atoms with Crippen LogP contribution < -0.4 is 10.5 Å². The van der Waals surface area contributed by atoms with Crippen molar-refractivity contribution in [2.45, 2.75) is 57.2 Å². The van der Waals surface area contributed by atoms with Crippen molar-refractivity contribution in [1.29, 1.82) is 0 Å². The summed E-state index contributed by atoms with van der Waals surface area (Å²) in [7, 11) is 0. The number of ether oxygens (including phenoxy) is 1. The van der Waals surface area contributed by atoms with Crippen molar-refractivity contribution in [1.82, 2.24) is 0 Å². The van der Waals surface area contributed by atoms with Gasteiger partial charge in [0, 0.05) is 17.0 Å². The molecule has 4 heteroatoms. The number of nitrogens with two attached hydrogens (primary N) is 1. The lowest BCUT2D eigenvalue weighted by atomic mass is 9.54. The lowest BCUT2D eigenvalue weighted by Gasteiger charge is -2.53. The second kappa shape index (κ2) is 6.41. The van der Waals surface area contributed by atoms with Crippen molar-refractivity contribution >= 4 is 5.69 Å². The molecule has 2 aromatic carbocycles. The highest BCUT2D eigenvalue weighted by Gasteiger charge is 2.58. The van der Waals surface area contributed by atoms with Crippen molar-refractivity contribution in [2.75, 3.05) is 5.73 Å². The number of hydrogen-bond acceptors (Lipinski definition) is 4. The highest BCUT2D eigenvalue weighted by atomic mass is 16.5. The van der Waals surface area contributed by atoms with Crippen LogP contribution in [-0.2, 0) is 6.42 Å². The Morgan fingerprint density at radius 1 is 1.07 bits per heavy atom. The van der Waals surface area contributed by atoms with Gasteiger partial charge in [0.05, 0.1) is 6.10 Å². The van der Waals surface area contributed by atoms with E-state index < -0.39 is 0 Å². The zero-order valence-electron chi connectivity index (χ0n) is 16.3. The van der Waals surface area contributed by atoms with Gasteiger partial charge in [-0.25, -0.2) is 0 Å². The first-order valence-electron chi connectivity index (χ1n) is 10.5. The summed E-state index contributed by atoms with van der Waals surface area (Å²) in [5.41, 5.74) is 9.04. The summed E-state index contributed by atoms with van der Waals surface area (Å²) in [5.74, 6) is 2.50. The maximum atomic E-state index is 10.8. The molecule has 0 saturated heterocycles. The number of phenolic OH excluding ortho intramolecular Hbond substituents is 1. The van der Waals surface area contributed by atoms with Gasteiger partial charge < -0.3 is 20.7 Å². The lowest BCUT2D eigenvalue weighted by molar-refractivity contribution is -0.0716. The molecule has 2 saturated carbocycles. The number of anilines is 1. The zero-order chi connectivity index (χ0) is 19.5. The lowest BCUT2D eigenvalue weighted by Crippen LogP contribution is -2.51. The van der Waals surface area contributed by atoms with Crippen LogP contribution in [-0.4, -0.2) is 22.4 Å². The fraction of sp³-hybridized carbons (Fsp3) is 0.500. The fourth-order valence-corrected chi connectivity index (χ4v) is 6.42. The highest BCUT2D eigenvalue weighted by molar-refractivity contribution is 5.43. The van der Waals surface area contributed by atoms with Crippen molar-refractivity contribution in [3.8, 4) is 11.5 Å². The zero-order valence-corrected chi connectivity index (χ0v) is 16.3. The van der Waals surface area contributed by atoms with Gasteiger partial charge >= 0.3 is 0 Å². The normalized spacial score (nSPS) is 36.3. The van der Waals surface area contributed by atoms with E-state index in [2.05, 4.69) is 13.0 Å². The molecule has 0 bridgehead atoms. The molecule has 0 amide bonds. The van der Waals surface area contributed by atoms with Crippen molar-refractivity contribution in [2.24, 2.45) is 17.3 Å². The molecule has 6 atom stereocenters. The molecule has 4 nitrogen and oxygen atoms in total. The first kappa shape index (κ1) is 17.9. The number of nitrogen functional groups attached to an aromatic ring is 1. The number of aromatic hydroxyl groups is 1. The van der Waals surface area contributed by atoms with Crippen LogP contribution in [0.5, 0.6) is 11.5 Å². The number of fused-ring (bicyclic) bond motifs is 5. The molecular weight excluding hydrogens is 350 g/mol. The summed E-state index contributed by atoms with van der Waals surface area (Å²) in [6, 6.07) is 13.4. The predicted molar refractivity (Wildman–Crippen MR) is 109 cm³/mol. The monoisotopic (exact) mass is 379 g/mol. The average Bonchev–Trinajstić information content (AvgIpc) is 2.97. The van der Waals surface area contributed by atoms with Gasteiger partial charge in [0.1, 0.15) is 17.6 Å². The van der Waals surface area contributed by atoms with Crippen LogP contribution in [0.2, 0.25) is 0 Å². The Balaban J connectivity index is 1.56. The van der Waals surface area contributed by atoms with Gasteiger partial charge in [0.2, 0.25) is 0 Å². The van der Waals surface area contributed by atoms with Crippen LogP contribution in [0.15, 0.2) is 42.5 Å². The third-order valence-corrected chi connectivity index (χ3v) is 7.78. The van der Waals surface area contributed by atoms with Crippen LogP contribution in [0.3, 0.4) is 0 Å². The van der Waals surface area contributed by atoms with Crippen molar-refractivity contribution in [3.63, 3.8) is 0 Å². The minimum Gasteiger partial charge on any atom is -0.508 e. The fourth-order valence-electron chi connectivity index (χ4n) is 6.42. The molecule has 3 aliphatic carbocycles. The Labute approximate surface area is 166 Å². The molecule has 0 spiro atoms. The van der Waals surface area contributed by atoms with Crippen molar-refractivity contribution < 1.29 is 14.9 Å². The molecule has 5 rings (SSSR count). The van der Waals surface area contributed by atoms with E-state index in [-0.39, 0.29) is 17.6 Å². The molecule has 0 aliphatic heterocycles. The summed E-state index contributed by atoms with van der Waals surface area (Å²) in [4.78, 5) is 0. The van der Waals surface area contributed by atoms with Gasteiger partial charge in [-0.3, -0.25) is 0 Å². The van der Waals surface area contributed by atoms with E-state index in [0.29, 0.717) is 23.5 Å². The summed E-state index contributed by atoms with van der Waals surface area (Å²) in [6.07, 6.45) is 4.67. The van der Waals surface area contributed by atoms with Crippen LogP contribution in [0.25, 0.3) is 0 Å². The maximum absolute atomic E-state index is 10.8. The molecule has 0 aromatic heterocycles. The maximum Gasteiger partial charge on any atom is 0.119 e. The molecule has 3 aliphatic rings. The van der Waals surface area contributed by atoms with Crippen molar-refractivity contribution in [3.05, 3.63) is 53.6 Å². The Morgan fingerprint density at radius 2 is 1.86 bits per heavy atom. The summed E-state index contributed by atoms with van der Waals surface area (Å²) < 4.78 is 6.56. The first-order valence-corrected chi connectivity index (χ1v) is 10.5. The van der Waals surface area contributed by atoms with Crippen LogP contribution in [0.1, 0.15) is 49.7 Å². The molecule has 148 valence electrons. The number of hydrogen-bond donors (Lipinski definition) is 3. The van der Waals surface area contributed by atoms with Gasteiger partial charge in [0.15, 0.2) is 0 Å². The Bertz CT molecular complexity index is 880. The van der Waals surface area contributed by atoms with Crippen LogP contribution in [0.4, 0.5) is 5.69 Å². The van der Waals surface area contributed by atoms with Gasteiger partial charge in [-0.05, 0) is 91.5 Å². The molecule has 0 unspecified atom stereocenters. The predicted octanol–water partition coefficient (Wildman–Crippen LogP) is 4.25. The number of aliphatic hydroxyl groups excluding tert-OH is 1. The molecule has 2 fully saturated rings. The van der Waals surface area contributed by atoms with Crippen LogP contribution >= 0.6 is 0 Å². The third kappa shape index (κ3) is 2.69. The van der Waals surface area contributed by atoms with E-state index in [1.807, 2.05) is 30.3 Å². The summed E-state index contributed by atoms with van der Waals surface area (Å²) in [5, 5.41) is 20.8. The molecule has 0 radical (unpaired) electrons. The molecule has 0 heterocycles.